The number of halogens is 1. The van der Waals surface area contributed by atoms with Crippen molar-refractivity contribution in [3.63, 3.8) is 0 Å². The van der Waals surface area contributed by atoms with E-state index in [2.05, 4.69) is 5.32 Å². The molecule has 0 saturated carbocycles. The standard InChI is InChI=1S/C19H20FNO3/c20-16-8-4-7-15(11-16)13-18(22)21-17(9-10-19(23)24)12-14-5-2-1-3-6-14/h1-8,11,17H,9-10,12-13H2,(H,21,22)(H,23,24). The predicted molar refractivity (Wildman–Crippen MR) is 89.1 cm³/mol. The Morgan fingerprint density at radius 2 is 1.75 bits per heavy atom. The maximum atomic E-state index is 13.2. The first-order valence-electron chi connectivity index (χ1n) is 7.82. The van der Waals surface area contributed by atoms with Crippen molar-refractivity contribution in [1.82, 2.24) is 5.32 Å². The van der Waals surface area contributed by atoms with Crippen molar-refractivity contribution in [2.45, 2.75) is 31.7 Å². The van der Waals surface area contributed by atoms with Gasteiger partial charge < -0.3 is 10.4 Å². The van der Waals surface area contributed by atoms with Crippen molar-refractivity contribution in [3.05, 3.63) is 71.5 Å². The molecule has 0 radical (unpaired) electrons. The molecule has 4 nitrogen and oxygen atoms in total. The summed E-state index contributed by atoms with van der Waals surface area (Å²) in [7, 11) is 0. The number of aliphatic carboxylic acids is 1. The molecule has 0 fully saturated rings. The molecule has 2 N–H and O–H groups in total. The molecule has 24 heavy (non-hydrogen) atoms. The van der Waals surface area contributed by atoms with Crippen molar-refractivity contribution in [1.29, 1.82) is 0 Å². The molecule has 1 unspecified atom stereocenters. The van der Waals surface area contributed by atoms with Gasteiger partial charge in [0.05, 0.1) is 6.42 Å². The number of carbonyl (C=O) groups excluding carboxylic acids is 1. The number of benzene rings is 2. The summed E-state index contributed by atoms with van der Waals surface area (Å²) in [6, 6.07) is 15.2. The third kappa shape index (κ3) is 6.20. The van der Waals surface area contributed by atoms with Gasteiger partial charge in [-0.1, -0.05) is 42.5 Å². The maximum absolute atomic E-state index is 13.2. The zero-order chi connectivity index (χ0) is 17.4. The van der Waals surface area contributed by atoms with Crippen LogP contribution in [0.1, 0.15) is 24.0 Å². The fourth-order valence-electron chi connectivity index (χ4n) is 2.53. The monoisotopic (exact) mass is 329 g/mol. The zero-order valence-corrected chi connectivity index (χ0v) is 13.2. The highest BCUT2D eigenvalue weighted by Crippen LogP contribution is 2.09. The van der Waals surface area contributed by atoms with E-state index < -0.39 is 5.97 Å². The number of carbonyl (C=O) groups is 2. The van der Waals surface area contributed by atoms with E-state index in [0.29, 0.717) is 18.4 Å². The molecule has 126 valence electrons. The lowest BCUT2D eigenvalue weighted by atomic mass is 10.0. The summed E-state index contributed by atoms with van der Waals surface area (Å²) in [5.41, 5.74) is 1.61. The second kappa shape index (κ2) is 8.82. The highest BCUT2D eigenvalue weighted by atomic mass is 19.1. The van der Waals surface area contributed by atoms with E-state index in [1.807, 2.05) is 30.3 Å². The number of amides is 1. The average Bonchev–Trinajstić information content (AvgIpc) is 2.53. The minimum atomic E-state index is -0.896. The van der Waals surface area contributed by atoms with Crippen LogP contribution < -0.4 is 5.32 Å². The van der Waals surface area contributed by atoms with Gasteiger partial charge in [-0.25, -0.2) is 4.39 Å². The van der Waals surface area contributed by atoms with Crippen LogP contribution in [0.5, 0.6) is 0 Å². The van der Waals surface area contributed by atoms with Crippen LogP contribution in [0.15, 0.2) is 54.6 Å². The van der Waals surface area contributed by atoms with Gasteiger partial charge in [0.25, 0.3) is 0 Å². The molecule has 0 aliphatic heterocycles. The maximum Gasteiger partial charge on any atom is 0.303 e. The Kier molecular flexibility index (Phi) is 6.49. The Bertz CT molecular complexity index is 688. The van der Waals surface area contributed by atoms with E-state index in [-0.39, 0.29) is 30.6 Å². The molecule has 1 atom stereocenters. The van der Waals surface area contributed by atoms with E-state index in [1.54, 1.807) is 12.1 Å². The molecule has 0 aromatic heterocycles. The van der Waals surface area contributed by atoms with Crippen LogP contribution in [-0.2, 0) is 22.4 Å². The fourth-order valence-corrected chi connectivity index (χ4v) is 2.53. The van der Waals surface area contributed by atoms with Gasteiger partial charge in [-0.05, 0) is 36.1 Å². The number of hydrogen-bond acceptors (Lipinski definition) is 2. The van der Waals surface area contributed by atoms with E-state index in [0.717, 1.165) is 5.56 Å². The van der Waals surface area contributed by atoms with Gasteiger partial charge in [0, 0.05) is 12.5 Å². The molecule has 5 heteroatoms. The molecule has 1 amide bonds. The van der Waals surface area contributed by atoms with Crippen LogP contribution in [0, 0.1) is 5.82 Å². The first-order chi connectivity index (χ1) is 11.5. The Labute approximate surface area is 140 Å². The summed E-state index contributed by atoms with van der Waals surface area (Å²) < 4.78 is 13.2. The van der Waals surface area contributed by atoms with Gasteiger partial charge >= 0.3 is 5.97 Å². The van der Waals surface area contributed by atoms with E-state index in [1.165, 1.54) is 12.1 Å². The number of hydrogen-bond donors (Lipinski definition) is 2. The minimum Gasteiger partial charge on any atom is -0.481 e. The molecule has 2 aromatic carbocycles. The molecule has 0 saturated heterocycles. The van der Waals surface area contributed by atoms with Gasteiger partial charge in [0.1, 0.15) is 5.82 Å². The third-order valence-corrected chi connectivity index (χ3v) is 3.65. The van der Waals surface area contributed by atoms with E-state index in [9.17, 15) is 14.0 Å². The van der Waals surface area contributed by atoms with Gasteiger partial charge in [-0.2, -0.15) is 0 Å². The van der Waals surface area contributed by atoms with E-state index in [4.69, 9.17) is 5.11 Å². The Morgan fingerprint density at radius 1 is 1.04 bits per heavy atom. The van der Waals surface area contributed by atoms with Crippen LogP contribution in [0.2, 0.25) is 0 Å². The second-order valence-corrected chi connectivity index (χ2v) is 5.69. The highest BCUT2D eigenvalue weighted by molar-refractivity contribution is 5.79. The molecular formula is C19H20FNO3. The second-order valence-electron chi connectivity index (χ2n) is 5.69. The lowest BCUT2D eigenvalue weighted by molar-refractivity contribution is -0.137. The van der Waals surface area contributed by atoms with Crippen LogP contribution >= 0.6 is 0 Å². The van der Waals surface area contributed by atoms with Crippen LogP contribution in [-0.4, -0.2) is 23.0 Å². The summed E-state index contributed by atoms with van der Waals surface area (Å²) in [5.74, 6) is -1.52. The molecule has 0 aliphatic carbocycles. The van der Waals surface area contributed by atoms with Crippen molar-refractivity contribution < 1.29 is 19.1 Å². The Morgan fingerprint density at radius 3 is 2.42 bits per heavy atom. The van der Waals surface area contributed by atoms with E-state index >= 15 is 0 Å². The first-order valence-corrected chi connectivity index (χ1v) is 7.82. The van der Waals surface area contributed by atoms with Gasteiger partial charge in [0.2, 0.25) is 5.91 Å². The van der Waals surface area contributed by atoms with Crippen LogP contribution in [0.4, 0.5) is 4.39 Å². The quantitative estimate of drug-likeness (QED) is 0.782. The van der Waals surface area contributed by atoms with Crippen LogP contribution in [0.25, 0.3) is 0 Å². The SMILES string of the molecule is O=C(O)CCC(Cc1ccccc1)NC(=O)Cc1cccc(F)c1. The van der Waals surface area contributed by atoms with Gasteiger partial charge in [-0.15, -0.1) is 0 Å². The predicted octanol–water partition coefficient (Wildman–Crippen LogP) is 2.96. The van der Waals surface area contributed by atoms with Gasteiger partial charge in [0.15, 0.2) is 0 Å². The largest absolute Gasteiger partial charge is 0.481 e. The third-order valence-electron chi connectivity index (χ3n) is 3.65. The fraction of sp³-hybridized carbons (Fsp3) is 0.263. The van der Waals surface area contributed by atoms with Gasteiger partial charge in [-0.3, -0.25) is 9.59 Å². The summed E-state index contributed by atoms with van der Waals surface area (Å²) in [6.07, 6.45) is 0.954. The lowest BCUT2D eigenvalue weighted by Crippen LogP contribution is -2.37. The molecule has 2 aromatic rings. The molecule has 0 spiro atoms. The Balaban J connectivity index is 1.98. The summed E-state index contributed by atoms with van der Waals surface area (Å²) in [4.78, 5) is 23.0. The lowest BCUT2D eigenvalue weighted by Gasteiger charge is -2.18. The molecule has 0 bridgehead atoms. The topological polar surface area (TPSA) is 66.4 Å². The first kappa shape index (κ1) is 17.7. The number of carboxylic acids is 1. The van der Waals surface area contributed by atoms with Crippen molar-refractivity contribution in [2.24, 2.45) is 0 Å². The zero-order valence-electron chi connectivity index (χ0n) is 13.2. The summed E-state index contributed by atoms with van der Waals surface area (Å²) in [6.45, 7) is 0. The molecule has 2 rings (SSSR count). The van der Waals surface area contributed by atoms with Crippen LogP contribution in [0.3, 0.4) is 0 Å². The molecule has 0 aliphatic rings. The molecular weight excluding hydrogens is 309 g/mol. The molecule has 0 heterocycles. The van der Waals surface area contributed by atoms with Crippen molar-refractivity contribution in [3.8, 4) is 0 Å². The number of rotatable bonds is 8. The summed E-state index contributed by atoms with van der Waals surface area (Å²) in [5, 5.41) is 11.7. The summed E-state index contributed by atoms with van der Waals surface area (Å²) >= 11 is 0. The van der Waals surface area contributed by atoms with Crippen molar-refractivity contribution in [2.75, 3.05) is 0 Å². The Hall–Kier alpha value is -2.69. The highest BCUT2D eigenvalue weighted by Gasteiger charge is 2.15. The number of nitrogens with one attached hydrogen (secondary N) is 1. The smallest absolute Gasteiger partial charge is 0.303 e. The van der Waals surface area contributed by atoms with Crippen molar-refractivity contribution >= 4 is 11.9 Å². The minimum absolute atomic E-state index is 0.0161. The normalized spacial score (nSPS) is 11.7. The number of carboxylic acid groups (broad SMARTS) is 1. The average molecular weight is 329 g/mol.